The molecule has 0 unspecified atom stereocenters. The first-order valence-electron chi connectivity index (χ1n) is 9.52. The smallest absolute Gasteiger partial charge is 0.307 e. The monoisotopic (exact) mass is 447 g/mol. The third-order valence-electron chi connectivity index (χ3n) is 4.20. The molecule has 2 heterocycles. The number of aliphatic carboxylic acids is 1. The summed E-state index contributed by atoms with van der Waals surface area (Å²) in [5, 5.41) is 8.69. The largest absolute Gasteiger partial charge is 0.481 e. The zero-order chi connectivity index (χ0) is 22.2. The molecule has 0 aliphatic heterocycles. The van der Waals surface area contributed by atoms with Gasteiger partial charge in [0.05, 0.1) is 17.8 Å². The maximum Gasteiger partial charge on any atom is 0.307 e. The van der Waals surface area contributed by atoms with Crippen LogP contribution in [-0.4, -0.2) is 21.0 Å². The molecule has 0 fully saturated rings. The Kier molecular flexibility index (Phi) is 10.3. The van der Waals surface area contributed by atoms with Crippen molar-refractivity contribution >= 4 is 5.97 Å². The number of carboxylic acid groups (broad SMARTS) is 1. The molecule has 4 rings (SSSR count). The maximum atomic E-state index is 10.6. The standard InChI is InChI=1S/C12H10N2O.C12H11NO3.2CH4/c1-9-8-15-12(14-9)11-5-3-4-10(6-11)7-13-2;1-8-7-16-12(13-8)10-4-2-3-9(5-10)6-11(14)15;;/h3-6,8H,7H2,1H3;2-5,7H,6H2,1H3,(H,14,15);2*1H4. The van der Waals surface area contributed by atoms with Crippen molar-refractivity contribution in [3.63, 3.8) is 0 Å². The molecule has 33 heavy (non-hydrogen) atoms. The summed E-state index contributed by atoms with van der Waals surface area (Å²) in [7, 11) is 0. The van der Waals surface area contributed by atoms with Gasteiger partial charge in [0.1, 0.15) is 12.5 Å². The first-order chi connectivity index (χ1) is 14.9. The van der Waals surface area contributed by atoms with Crippen LogP contribution >= 0.6 is 0 Å². The fourth-order valence-corrected chi connectivity index (χ4v) is 2.86. The topological polar surface area (TPSA) is 93.7 Å². The van der Waals surface area contributed by atoms with E-state index in [0.717, 1.165) is 33.6 Å². The summed E-state index contributed by atoms with van der Waals surface area (Å²) in [5.41, 5.74) is 5.11. The number of rotatable bonds is 5. The molecule has 0 saturated carbocycles. The molecule has 7 nitrogen and oxygen atoms in total. The number of aromatic nitrogens is 2. The molecule has 2 aromatic carbocycles. The number of nitrogens with zero attached hydrogens (tertiary/aromatic N) is 3. The Bertz CT molecular complexity index is 1220. The average Bonchev–Trinajstić information content (AvgIpc) is 3.37. The fraction of sp³-hybridized carbons (Fsp3) is 0.231. The van der Waals surface area contributed by atoms with E-state index in [2.05, 4.69) is 14.8 Å². The lowest BCUT2D eigenvalue weighted by molar-refractivity contribution is -0.136. The van der Waals surface area contributed by atoms with Crippen molar-refractivity contribution in [3.8, 4) is 22.9 Å². The second-order valence-electron chi connectivity index (χ2n) is 6.88. The molecule has 0 radical (unpaired) electrons. The summed E-state index contributed by atoms with van der Waals surface area (Å²) in [6.07, 6.45) is 3.20. The van der Waals surface area contributed by atoms with E-state index in [-0.39, 0.29) is 21.3 Å². The number of oxazole rings is 2. The van der Waals surface area contributed by atoms with Crippen LogP contribution in [-0.2, 0) is 17.8 Å². The van der Waals surface area contributed by atoms with Crippen LogP contribution in [0, 0.1) is 20.4 Å². The quantitative estimate of drug-likeness (QED) is 0.346. The minimum absolute atomic E-state index is 0. The summed E-state index contributed by atoms with van der Waals surface area (Å²) in [5.74, 6) is 0.282. The second-order valence-corrected chi connectivity index (χ2v) is 6.88. The highest BCUT2D eigenvalue weighted by Crippen LogP contribution is 2.21. The predicted octanol–water partition coefficient (Wildman–Crippen LogP) is 6.62. The number of hydrogen-bond donors (Lipinski definition) is 1. The van der Waals surface area contributed by atoms with Gasteiger partial charge in [0.15, 0.2) is 0 Å². The molecule has 0 saturated heterocycles. The Morgan fingerprint density at radius 1 is 0.909 bits per heavy atom. The molecule has 4 aromatic rings. The lowest BCUT2D eigenvalue weighted by Gasteiger charge is -1.99. The first-order valence-corrected chi connectivity index (χ1v) is 9.52. The highest BCUT2D eigenvalue weighted by molar-refractivity contribution is 5.71. The molecule has 0 atom stereocenters. The highest BCUT2D eigenvalue weighted by atomic mass is 16.4. The number of hydrogen-bond acceptors (Lipinski definition) is 5. The minimum Gasteiger partial charge on any atom is -0.481 e. The van der Waals surface area contributed by atoms with Gasteiger partial charge in [-0.15, -0.1) is 0 Å². The second kappa shape index (κ2) is 12.6. The molecule has 0 amide bonds. The Labute approximate surface area is 194 Å². The van der Waals surface area contributed by atoms with Crippen molar-refractivity contribution in [2.24, 2.45) is 0 Å². The number of carboxylic acids is 1. The summed E-state index contributed by atoms with van der Waals surface area (Å²) in [6.45, 7) is 10.9. The van der Waals surface area contributed by atoms with Crippen molar-refractivity contribution in [2.45, 2.75) is 41.7 Å². The van der Waals surface area contributed by atoms with Crippen molar-refractivity contribution in [2.75, 3.05) is 0 Å². The Morgan fingerprint density at radius 3 is 1.82 bits per heavy atom. The fourth-order valence-electron chi connectivity index (χ4n) is 2.86. The van der Waals surface area contributed by atoms with Gasteiger partial charge >= 0.3 is 5.97 Å². The lowest BCUT2D eigenvalue weighted by Crippen LogP contribution is -1.99. The summed E-state index contributed by atoms with van der Waals surface area (Å²) in [6, 6.07) is 14.9. The normalized spacial score (nSPS) is 9.48. The molecule has 0 aliphatic rings. The molecule has 7 heteroatoms. The van der Waals surface area contributed by atoms with Gasteiger partial charge in [0, 0.05) is 16.7 Å². The summed E-state index contributed by atoms with van der Waals surface area (Å²) < 4.78 is 10.5. The SMILES string of the molecule is C.C.Cc1coc(-c2cccc(CC(=O)O)c2)n1.[C-]#[N+]Cc1cccc(-c2nc(C)co2)c1. The van der Waals surface area contributed by atoms with Crippen LogP contribution in [0.2, 0.25) is 0 Å². The summed E-state index contributed by atoms with van der Waals surface area (Å²) >= 11 is 0. The van der Waals surface area contributed by atoms with Crippen molar-refractivity contribution < 1.29 is 18.7 Å². The van der Waals surface area contributed by atoms with E-state index in [0.29, 0.717) is 18.3 Å². The molecular weight excluding hydrogens is 418 g/mol. The van der Waals surface area contributed by atoms with Gasteiger partial charge in [-0.2, -0.15) is 0 Å². The number of benzene rings is 2. The Balaban J connectivity index is 0.000000312. The van der Waals surface area contributed by atoms with Crippen molar-refractivity contribution in [1.82, 2.24) is 9.97 Å². The van der Waals surface area contributed by atoms with Crippen LogP contribution < -0.4 is 0 Å². The van der Waals surface area contributed by atoms with E-state index < -0.39 is 5.97 Å². The van der Waals surface area contributed by atoms with Gasteiger partial charge in [-0.1, -0.05) is 39.1 Å². The molecule has 172 valence electrons. The molecule has 0 bridgehead atoms. The van der Waals surface area contributed by atoms with Crippen LogP contribution in [0.1, 0.15) is 37.4 Å². The molecule has 1 N–H and O–H groups in total. The van der Waals surface area contributed by atoms with Gasteiger partial charge in [-0.3, -0.25) is 4.79 Å². The van der Waals surface area contributed by atoms with Gasteiger partial charge < -0.3 is 18.8 Å². The minimum atomic E-state index is -0.847. The van der Waals surface area contributed by atoms with Crippen LogP contribution in [0.15, 0.2) is 69.9 Å². The molecule has 0 aliphatic carbocycles. The molecular formula is C26H29N3O4. The van der Waals surface area contributed by atoms with Crippen molar-refractivity contribution in [1.29, 1.82) is 0 Å². The third kappa shape index (κ3) is 7.78. The first kappa shape index (κ1) is 26.9. The van der Waals surface area contributed by atoms with Crippen LogP contribution in [0.5, 0.6) is 0 Å². The van der Waals surface area contributed by atoms with Crippen LogP contribution in [0.3, 0.4) is 0 Å². The number of carbonyl (C=O) groups is 1. The molecule has 2 aromatic heterocycles. The highest BCUT2D eigenvalue weighted by Gasteiger charge is 2.07. The zero-order valence-electron chi connectivity index (χ0n) is 17.2. The van der Waals surface area contributed by atoms with Crippen molar-refractivity contribution in [3.05, 3.63) is 95.0 Å². The Morgan fingerprint density at radius 2 is 1.39 bits per heavy atom. The van der Waals surface area contributed by atoms with Gasteiger partial charge in [-0.25, -0.2) is 16.5 Å². The van der Waals surface area contributed by atoms with E-state index >= 15 is 0 Å². The lowest BCUT2D eigenvalue weighted by atomic mass is 10.1. The zero-order valence-corrected chi connectivity index (χ0v) is 17.2. The van der Waals surface area contributed by atoms with Crippen LogP contribution in [0.4, 0.5) is 0 Å². The van der Waals surface area contributed by atoms with E-state index in [4.69, 9.17) is 20.5 Å². The Hall–Kier alpha value is -4.18. The maximum absolute atomic E-state index is 10.6. The van der Waals surface area contributed by atoms with E-state index in [1.165, 1.54) is 0 Å². The van der Waals surface area contributed by atoms with Gasteiger partial charge in [0.25, 0.3) is 0 Å². The molecule has 0 spiro atoms. The van der Waals surface area contributed by atoms with E-state index in [1.54, 1.807) is 30.7 Å². The predicted molar refractivity (Wildman–Crippen MR) is 128 cm³/mol. The van der Waals surface area contributed by atoms with Crippen LogP contribution in [0.25, 0.3) is 27.8 Å². The van der Waals surface area contributed by atoms with E-state index in [1.807, 2.05) is 44.2 Å². The van der Waals surface area contributed by atoms with E-state index in [9.17, 15) is 4.79 Å². The third-order valence-corrected chi connectivity index (χ3v) is 4.20. The average molecular weight is 448 g/mol. The van der Waals surface area contributed by atoms with Gasteiger partial charge in [-0.05, 0) is 43.7 Å². The number of aryl methyl sites for hydroxylation is 2. The van der Waals surface area contributed by atoms with Gasteiger partial charge in [0.2, 0.25) is 18.3 Å². The summed E-state index contributed by atoms with van der Waals surface area (Å²) in [4.78, 5) is 22.4.